The van der Waals surface area contributed by atoms with Crippen molar-refractivity contribution in [2.45, 2.75) is 0 Å². The smallest absolute Gasteiger partial charge is 0.329 e. The van der Waals surface area contributed by atoms with Gasteiger partial charge in [-0.1, -0.05) is 11.6 Å². The van der Waals surface area contributed by atoms with Crippen molar-refractivity contribution in [3.8, 4) is 5.75 Å². The topological polar surface area (TPSA) is 95.9 Å². The first-order valence-electron chi connectivity index (χ1n) is 5.07. The lowest BCUT2D eigenvalue weighted by Gasteiger charge is -2.07. The highest BCUT2D eigenvalue weighted by Crippen LogP contribution is 2.20. The maximum atomic E-state index is 11.6. The van der Waals surface area contributed by atoms with E-state index in [0.29, 0.717) is 5.02 Å². The van der Waals surface area contributed by atoms with E-state index < -0.39 is 18.5 Å². The molecule has 0 radical (unpaired) electrons. The normalized spacial score (nSPS) is 10.1. The number of aromatic hydroxyl groups is 1. The lowest BCUT2D eigenvalue weighted by atomic mass is 10.2. The van der Waals surface area contributed by atoms with Crippen LogP contribution in [-0.2, 0) is 9.53 Å². The molecule has 1 aromatic rings. The van der Waals surface area contributed by atoms with Gasteiger partial charge in [0.25, 0.3) is 5.91 Å². The number of hydrogen-bond acceptors (Lipinski definition) is 4. The van der Waals surface area contributed by atoms with Crippen LogP contribution in [0.15, 0.2) is 18.2 Å². The van der Waals surface area contributed by atoms with Crippen LogP contribution in [0.4, 0.5) is 0 Å². The second-order valence-electron chi connectivity index (χ2n) is 3.36. The molecule has 7 heteroatoms. The third kappa shape index (κ3) is 4.60. The molecule has 98 valence electrons. The van der Waals surface area contributed by atoms with Crippen LogP contribution in [-0.4, -0.2) is 41.8 Å². The first-order valence-corrected chi connectivity index (χ1v) is 5.44. The number of phenolic OH excluding ortho intramolecular Hbond substituents is 1. The predicted molar refractivity (Wildman–Crippen MR) is 63.9 cm³/mol. The zero-order chi connectivity index (χ0) is 13.5. The van der Waals surface area contributed by atoms with E-state index in [-0.39, 0.29) is 24.5 Å². The van der Waals surface area contributed by atoms with Crippen LogP contribution >= 0.6 is 11.6 Å². The zero-order valence-corrected chi connectivity index (χ0v) is 10.1. The van der Waals surface area contributed by atoms with Gasteiger partial charge in [0.2, 0.25) is 0 Å². The summed E-state index contributed by atoms with van der Waals surface area (Å²) in [7, 11) is 0. The van der Waals surface area contributed by atoms with Crippen LogP contribution in [0.25, 0.3) is 0 Å². The molecule has 0 aliphatic rings. The SMILES string of the molecule is O=C(O)COCCNC(=O)c1cc(Cl)ccc1O. The first kappa shape index (κ1) is 14.3. The van der Waals surface area contributed by atoms with Gasteiger partial charge in [-0.05, 0) is 18.2 Å². The van der Waals surface area contributed by atoms with Crippen LogP contribution in [0, 0.1) is 0 Å². The van der Waals surface area contributed by atoms with Crippen molar-refractivity contribution >= 4 is 23.5 Å². The Morgan fingerprint density at radius 3 is 2.78 bits per heavy atom. The lowest BCUT2D eigenvalue weighted by Crippen LogP contribution is -2.28. The van der Waals surface area contributed by atoms with Gasteiger partial charge in [0.15, 0.2) is 0 Å². The van der Waals surface area contributed by atoms with E-state index in [2.05, 4.69) is 5.32 Å². The van der Waals surface area contributed by atoms with Gasteiger partial charge in [-0.15, -0.1) is 0 Å². The molecule has 0 bridgehead atoms. The number of carbonyl (C=O) groups is 2. The summed E-state index contributed by atoms with van der Waals surface area (Å²) in [4.78, 5) is 21.8. The van der Waals surface area contributed by atoms with Crippen molar-refractivity contribution in [1.29, 1.82) is 0 Å². The second kappa shape index (κ2) is 6.83. The fraction of sp³-hybridized carbons (Fsp3) is 0.273. The zero-order valence-electron chi connectivity index (χ0n) is 9.35. The number of hydrogen-bond donors (Lipinski definition) is 3. The average Bonchev–Trinajstić information content (AvgIpc) is 2.31. The molecule has 0 heterocycles. The van der Waals surface area contributed by atoms with Crippen molar-refractivity contribution in [2.75, 3.05) is 19.8 Å². The number of aliphatic carboxylic acids is 1. The van der Waals surface area contributed by atoms with E-state index >= 15 is 0 Å². The summed E-state index contributed by atoms with van der Waals surface area (Å²) in [6, 6.07) is 4.12. The van der Waals surface area contributed by atoms with Crippen molar-refractivity contribution < 1.29 is 24.5 Å². The van der Waals surface area contributed by atoms with E-state index in [1.54, 1.807) is 0 Å². The Bertz CT molecular complexity index is 449. The van der Waals surface area contributed by atoms with Crippen molar-refractivity contribution in [3.05, 3.63) is 28.8 Å². The number of carboxylic acids is 1. The van der Waals surface area contributed by atoms with Crippen LogP contribution in [0.5, 0.6) is 5.75 Å². The Labute approximate surface area is 108 Å². The van der Waals surface area contributed by atoms with Gasteiger partial charge in [0.05, 0.1) is 12.2 Å². The minimum atomic E-state index is -1.08. The van der Waals surface area contributed by atoms with E-state index in [9.17, 15) is 14.7 Å². The minimum Gasteiger partial charge on any atom is -0.507 e. The highest BCUT2D eigenvalue weighted by molar-refractivity contribution is 6.31. The Hall–Kier alpha value is -1.79. The summed E-state index contributed by atoms with van der Waals surface area (Å²) in [5, 5.41) is 20.6. The van der Waals surface area contributed by atoms with Gasteiger partial charge < -0.3 is 20.3 Å². The molecule has 18 heavy (non-hydrogen) atoms. The molecule has 0 saturated heterocycles. The molecular weight excluding hydrogens is 262 g/mol. The van der Waals surface area contributed by atoms with E-state index in [1.165, 1.54) is 18.2 Å². The van der Waals surface area contributed by atoms with Crippen LogP contribution < -0.4 is 5.32 Å². The summed E-state index contributed by atoms with van der Waals surface area (Å²) >= 11 is 5.70. The quantitative estimate of drug-likeness (QED) is 0.669. The number of halogens is 1. The van der Waals surface area contributed by atoms with Crippen molar-refractivity contribution in [3.63, 3.8) is 0 Å². The molecular formula is C11H12ClNO5. The standard InChI is InChI=1S/C11H12ClNO5/c12-7-1-2-9(14)8(5-7)11(17)13-3-4-18-6-10(15)16/h1-2,5,14H,3-4,6H2,(H,13,17)(H,15,16). The maximum Gasteiger partial charge on any atom is 0.329 e. The van der Waals surface area contributed by atoms with Crippen LogP contribution in [0.3, 0.4) is 0 Å². The number of amides is 1. The molecule has 0 unspecified atom stereocenters. The molecule has 1 amide bonds. The number of carboxylic acid groups (broad SMARTS) is 1. The number of benzene rings is 1. The highest BCUT2D eigenvalue weighted by Gasteiger charge is 2.10. The predicted octanol–water partition coefficient (Wildman–Crippen LogP) is 0.877. The Morgan fingerprint density at radius 1 is 1.39 bits per heavy atom. The second-order valence-corrected chi connectivity index (χ2v) is 3.80. The number of rotatable bonds is 6. The van der Waals surface area contributed by atoms with E-state index in [4.69, 9.17) is 21.4 Å². The molecule has 3 N–H and O–H groups in total. The Balaban J connectivity index is 2.41. The molecule has 0 aromatic heterocycles. The fourth-order valence-electron chi connectivity index (χ4n) is 1.18. The Morgan fingerprint density at radius 2 is 2.11 bits per heavy atom. The maximum absolute atomic E-state index is 11.6. The summed E-state index contributed by atoms with van der Waals surface area (Å²) in [6.07, 6.45) is 0. The summed E-state index contributed by atoms with van der Waals surface area (Å²) in [5.41, 5.74) is 0.0562. The first-order chi connectivity index (χ1) is 8.50. The molecule has 0 fully saturated rings. The minimum absolute atomic E-state index is 0.0562. The number of carbonyl (C=O) groups excluding carboxylic acids is 1. The lowest BCUT2D eigenvalue weighted by molar-refractivity contribution is -0.142. The van der Waals surface area contributed by atoms with E-state index in [1.807, 2.05) is 0 Å². The number of nitrogens with one attached hydrogen (secondary N) is 1. The van der Waals surface area contributed by atoms with Crippen LogP contribution in [0.2, 0.25) is 5.02 Å². The molecule has 0 aliphatic carbocycles. The van der Waals surface area contributed by atoms with Gasteiger partial charge in [-0.25, -0.2) is 4.79 Å². The van der Waals surface area contributed by atoms with Gasteiger partial charge >= 0.3 is 5.97 Å². The van der Waals surface area contributed by atoms with Crippen molar-refractivity contribution in [2.24, 2.45) is 0 Å². The monoisotopic (exact) mass is 273 g/mol. The Kier molecular flexibility index (Phi) is 5.41. The van der Waals surface area contributed by atoms with Gasteiger partial charge in [-0.2, -0.15) is 0 Å². The molecule has 0 spiro atoms. The largest absolute Gasteiger partial charge is 0.507 e. The van der Waals surface area contributed by atoms with Crippen LogP contribution in [0.1, 0.15) is 10.4 Å². The highest BCUT2D eigenvalue weighted by atomic mass is 35.5. The number of ether oxygens (including phenoxy) is 1. The average molecular weight is 274 g/mol. The molecule has 0 saturated carbocycles. The molecule has 0 atom stereocenters. The summed E-state index contributed by atoms with van der Waals surface area (Å²) < 4.78 is 4.73. The summed E-state index contributed by atoms with van der Waals surface area (Å²) in [6.45, 7) is -0.213. The van der Waals surface area contributed by atoms with Gasteiger partial charge in [0.1, 0.15) is 12.4 Å². The third-order valence-electron chi connectivity index (χ3n) is 1.96. The number of phenols is 1. The summed E-state index contributed by atoms with van der Waals surface area (Å²) in [5.74, 6) is -1.76. The van der Waals surface area contributed by atoms with Crippen molar-refractivity contribution in [1.82, 2.24) is 5.32 Å². The third-order valence-corrected chi connectivity index (χ3v) is 2.20. The van der Waals surface area contributed by atoms with Gasteiger partial charge in [-0.3, -0.25) is 4.79 Å². The molecule has 6 nitrogen and oxygen atoms in total. The molecule has 1 rings (SSSR count). The fourth-order valence-corrected chi connectivity index (χ4v) is 1.35. The molecule has 0 aliphatic heterocycles. The van der Waals surface area contributed by atoms with E-state index in [0.717, 1.165) is 0 Å². The molecule has 1 aromatic carbocycles. The van der Waals surface area contributed by atoms with Gasteiger partial charge in [0, 0.05) is 11.6 Å².